The maximum absolute atomic E-state index is 11.8. The summed E-state index contributed by atoms with van der Waals surface area (Å²) in [5.41, 5.74) is 2.24. The minimum Gasteiger partial charge on any atom is -0.377 e. The van der Waals surface area contributed by atoms with Gasteiger partial charge in [-0.25, -0.2) is 0 Å². The molecule has 0 spiro atoms. The second kappa shape index (κ2) is 9.50. The summed E-state index contributed by atoms with van der Waals surface area (Å²) in [7, 11) is 0. The molecule has 1 unspecified atom stereocenters. The van der Waals surface area contributed by atoms with Crippen LogP contribution in [0.2, 0.25) is 0 Å². The Morgan fingerprint density at radius 3 is 2.60 bits per heavy atom. The molecule has 0 heterocycles. The highest BCUT2D eigenvalue weighted by Crippen LogP contribution is 2.09. The van der Waals surface area contributed by atoms with Gasteiger partial charge in [0.15, 0.2) is 0 Å². The molecule has 0 saturated carbocycles. The van der Waals surface area contributed by atoms with Crippen LogP contribution in [-0.2, 0) is 22.7 Å². The average Bonchev–Trinajstić information content (AvgIpc) is 2.49. The minimum atomic E-state index is 0.0245. The van der Waals surface area contributed by atoms with Crippen molar-refractivity contribution in [3.8, 4) is 0 Å². The van der Waals surface area contributed by atoms with E-state index in [2.05, 4.69) is 24.5 Å². The van der Waals surface area contributed by atoms with Crippen molar-refractivity contribution in [1.29, 1.82) is 0 Å². The van der Waals surface area contributed by atoms with Crippen LogP contribution in [0.1, 0.15) is 38.3 Å². The molecule has 0 aromatic heterocycles. The summed E-state index contributed by atoms with van der Waals surface area (Å²) in [6.45, 7) is 8.34. The highest BCUT2D eigenvalue weighted by Gasteiger charge is 2.06. The van der Waals surface area contributed by atoms with Gasteiger partial charge in [0.25, 0.3) is 0 Å². The highest BCUT2D eigenvalue weighted by molar-refractivity contribution is 5.78. The van der Waals surface area contributed by atoms with E-state index in [0.717, 1.165) is 17.5 Å². The molecule has 0 radical (unpaired) electrons. The van der Waals surface area contributed by atoms with Gasteiger partial charge in [0, 0.05) is 19.2 Å². The molecule has 0 aliphatic carbocycles. The van der Waals surface area contributed by atoms with E-state index in [1.54, 1.807) is 0 Å². The third kappa shape index (κ3) is 6.17. The van der Waals surface area contributed by atoms with Crippen molar-refractivity contribution in [1.82, 2.24) is 10.6 Å². The second-order valence-electron chi connectivity index (χ2n) is 4.87. The molecule has 0 aliphatic rings. The van der Waals surface area contributed by atoms with E-state index < -0.39 is 0 Å². The Labute approximate surface area is 121 Å². The Morgan fingerprint density at radius 2 is 1.95 bits per heavy atom. The van der Waals surface area contributed by atoms with Crippen molar-refractivity contribution in [3.63, 3.8) is 0 Å². The summed E-state index contributed by atoms with van der Waals surface area (Å²) in [6.07, 6.45) is 1.02. The molecule has 1 aromatic rings. The lowest BCUT2D eigenvalue weighted by atomic mass is 10.1. The Bertz CT molecular complexity index is 407. The number of carbonyl (C=O) groups excluding carboxylic acids is 1. The molecule has 1 atom stereocenters. The summed E-state index contributed by atoms with van der Waals surface area (Å²) in [5, 5.41) is 6.12. The molecular weight excluding hydrogens is 252 g/mol. The van der Waals surface area contributed by atoms with E-state index in [1.807, 2.05) is 31.2 Å². The van der Waals surface area contributed by atoms with Crippen molar-refractivity contribution >= 4 is 5.91 Å². The molecule has 112 valence electrons. The molecule has 0 saturated heterocycles. The lowest BCUT2D eigenvalue weighted by Gasteiger charge is -2.13. The third-order valence-electron chi connectivity index (χ3n) is 3.28. The maximum atomic E-state index is 11.8. The number of carbonyl (C=O) groups is 1. The lowest BCUT2D eigenvalue weighted by Crippen LogP contribution is -2.37. The van der Waals surface area contributed by atoms with Crippen molar-refractivity contribution in [2.24, 2.45) is 0 Å². The summed E-state index contributed by atoms with van der Waals surface area (Å²) in [5.74, 6) is 0.0245. The van der Waals surface area contributed by atoms with Gasteiger partial charge < -0.3 is 15.4 Å². The first-order valence-corrected chi connectivity index (χ1v) is 7.32. The van der Waals surface area contributed by atoms with E-state index >= 15 is 0 Å². The molecule has 0 aliphatic heterocycles. The van der Waals surface area contributed by atoms with Gasteiger partial charge in [-0.1, -0.05) is 31.2 Å². The molecule has 20 heavy (non-hydrogen) atoms. The summed E-state index contributed by atoms with van der Waals surface area (Å²) in [6, 6.07) is 8.40. The van der Waals surface area contributed by atoms with E-state index in [0.29, 0.717) is 32.3 Å². The molecule has 0 bridgehead atoms. The zero-order chi connectivity index (χ0) is 14.8. The molecule has 2 N–H and O–H groups in total. The summed E-state index contributed by atoms with van der Waals surface area (Å²) in [4.78, 5) is 11.8. The van der Waals surface area contributed by atoms with Gasteiger partial charge in [0.2, 0.25) is 5.91 Å². The van der Waals surface area contributed by atoms with Crippen LogP contribution < -0.4 is 10.6 Å². The van der Waals surface area contributed by atoms with Crippen LogP contribution in [0.4, 0.5) is 0 Å². The molecule has 4 heteroatoms. The number of amides is 1. The predicted molar refractivity (Wildman–Crippen MR) is 81.4 cm³/mol. The van der Waals surface area contributed by atoms with Gasteiger partial charge in [-0.15, -0.1) is 0 Å². The van der Waals surface area contributed by atoms with Gasteiger partial charge in [0.05, 0.1) is 13.2 Å². The summed E-state index contributed by atoms with van der Waals surface area (Å²) >= 11 is 0. The monoisotopic (exact) mass is 278 g/mol. The van der Waals surface area contributed by atoms with Gasteiger partial charge in [-0.2, -0.15) is 0 Å². The standard InChI is InChI=1S/C16H26N2O2/c1-4-13(3)17-11-16(19)18-10-14-8-6-7-9-15(14)12-20-5-2/h6-9,13,17H,4-5,10-12H2,1-3H3,(H,18,19). The quantitative estimate of drug-likeness (QED) is 0.728. The van der Waals surface area contributed by atoms with E-state index in [-0.39, 0.29) is 5.91 Å². The highest BCUT2D eigenvalue weighted by atomic mass is 16.5. The largest absolute Gasteiger partial charge is 0.377 e. The Hall–Kier alpha value is -1.39. The van der Waals surface area contributed by atoms with E-state index in [4.69, 9.17) is 4.74 Å². The smallest absolute Gasteiger partial charge is 0.234 e. The third-order valence-corrected chi connectivity index (χ3v) is 3.28. The van der Waals surface area contributed by atoms with Crippen molar-refractivity contribution in [3.05, 3.63) is 35.4 Å². The molecule has 0 fully saturated rings. The number of hydrogen-bond acceptors (Lipinski definition) is 3. The van der Waals surface area contributed by atoms with Gasteiger partial charge in [-0.3, -0.25) is 4.79 Å². The predicted octanol–water partition coefficient (Wildman–Crippen LogP) is 2.23. The molecule has 1 rings (SSSR count). The number of ether oxygens (including phenoxy) is 1. The first-order valence-electron chi connectivity index (χ1n) is 7.32. The fourth-order valence-electron chi connectivity index (χ4n) is 1.75. The van der Waals surface area contributed by atoms with Crippen molar-refractivity contribution < 1.29 is 9.53 Å². The molecule has 4 nitrogen and oxygen atoms in total. The SMILES string of the molecule is CCOCc1ccccc1CNC(=O)CNC(C)CC. The Balaban J connectivity index is 2.42. The first kappa shape index (κ1) is 16.7. The van der Waals surface area contributed by atoms with Crippen LogP contribution in [0.3, 0.4) is 0 Å². The van der Waals surface area contributed by atoms with Gasteiger partial charge in [0.1, 0.15) is 0 Å². The fourth-order valence-corrected chi connectivity index (χ4v) is 1.75. The van der Waals surface area contributed by atoms with Crippen LogP contribution >= 0.6 is 0 Å². The van der Waals surface area contributed by atoms with Gasteiger partial charge in [-0.05, 0) is 31.4 Å². The number of hydrogen-bond donors (Lipinski definition) is 2. The first-order chi connectivity index (χ1) is 9.67. The van der Waals surface area contributed by atoms with E-state index in [9.17, 15) is 4.79 Å². The zero-order valence-electron chi connectivity index (χ0n) is 12.7. The van der Waals surface area contributed by atoms with Crippen LogP contribution in [0.15, 0.2) is 24.3 Å². The van der Waals surface area contributed by atoms with Crippen LogP contribution in [0, 0.1) is 0 Å². The maximum Gasteiger partial charge on any atom is 0.234 e. The van der Waals surface area contributed by atoms with Crippen molar-refractivity contribution in [2.75, 3.05) is 13.2 Å². The van der Waals surface area contributed by atoms with Crippen LogP contribution in [-0.4, -0.2) is 25.1 Å². The van der Waals surface area contributed by atoms with Crippen LogP contribution in [0.5, 0.6) is 0 Å². The second-order valence-corrected chi connectivity index (χ2v) is 4.87. The molecule has 1 aromatic carbocycles. The number of nitrogens with one attached hydrogen (secondary N) is 2. The van der Waals surface area contributed by atoms with Crippen molar-refractivity contribution in [2.45, 2.75) is 46.4 Å². The Kier molecular flexibility index (Phi) is 7.92. The lowest BCUT2D eigenvalue weighted by molar-refractivity contribution is -0.120. The van der Waals surface area contributed by atoms with E-state index in [1.165, 1.54) is 0 Å². The normalized spacial score (nSPS) is 12.2. The zero-order valence-corrected chi connectivity index (χ0v) is 12.7. The Morgan fingerprint density at radius 1 is 1.25 bits per heavy atom. The number of benzene rings is 1. The molecule has 1 amide bonds. The number of rotatable bonds is 9. The minimum absolute atomic E-state index is 0.0245. The topological polar surface area (TPSA) is 50.4 Å². The summed E-state index contributed by atoms with van der Waals surface area (Å²) < 4.78 is 5.44. The fraction of sp³-hybridized carbons (Fsp3) is 0.562. The van der Waals surface area contributed by atoms with Gasteiger partial charge >= 0.3 is 0 Å². The van der Waals surface area contributed by atoms with Crippen LogP contribution in [0.25, 0.3) is 0 Å². The average molecular weight is 278 g/mol. The molecular formula is C16H26N2O2.